The zero-order valence-electron chi connectivity index (χ0n) is 10.6. The van der Waals surface area contributed by atoms with Crippen molar-refractivity contribution in [1.29, 1.82) is 0 Å². The molecule has 0 aromatic carbocycles. The predicted octanol–water partition coefficient (Wildman–Crippen LogP) is 3.58. The quantitative estimate of drug-likeness (QED) is 0.827. The van der Waals surface area contributed by atoms with Crippen LogP contribution in [0.4, 0.5) is 0 Å². The lowest BCUT2D eigenvalue weighted by Gasteiger charge is -2.13. The smallest absolute Gasteiger partial charge is 0.193 e. The van der Waals surface area contributed by atoms with Crippen LogP contribution in [0.5, 0.6) is 0 Å². The van der Waals surface area contributed by atoms with Crippen molar-refractivity contribution in [2.75, 3.05) is 0 Å². The van der Waals surface area contributed by atoms with Crippen LogP contribution in [0, 0.1) is 0 Å². The molecule has 4 heteroatoms. The van der Waals surface area contributed by atoms with Gasteiger partial charge in [-0.25, -0.2) is 4.98 Å². The van der Waals surface area contributed by atoms with Crippen LogP contribution in [0.15, 0.2) is 17.6 Å². The Labute approximate surface area is 110 Å². The number of nitrogens with zero attached hydrogens (tertiary/aromatic N) is 2. The van der Waals surface area contributed by atoms with E-state index in [0.717, 1.165) is 34.9 Å². The van der Waals surface area contributed by atoms with Crippen molar-refractivity contribution < 1.29 is 4.79 Å². The van der Waals surface area contributed by atoms with Crippen LogP contribution in [0.3, 0.4) is 0 Å². The molecule has 94 valence electrons. The average molecular weight is 260 g/mol. The van der Waals surface area contributed by atoms with Crippen LogP contribution in [0.25, 0.3) is 5.13 Å². The van der Waals surface area contributed by atoms with Gasteiger partial charge in [-0.3, -0.25) is 9.36 Å². The molecule has 0 saturated carbocycles. The van der Waals surface area contributed by atoms with Gasteiger partial charge in [-0.2, -0.15) is 0 Å². The second-order valence-electron chi connectivity index (χ2n) is 5.03. The summed E-state index contributed by atoms with van der Waals surface area (Å²) in [5, 5.41) is 3.09. The van der Waals surface area contributed by atoms with E-state index in [1.165, 1.54) is 0 Å². The van der Waals surface area contributed by atoms with Crippen molar-refractivity contribution in [3.63, 3.8) is 0 Å². The van der Waals surface area contributed by atoms with Gasteiger partial charge in [0.1, 0.15) is 0 Å². The highest BCUT2D eigenvalue weighted by atomic mass is 32.1. The van der Waals surface area contributed by atoms with E-state index in [9.17, 15) is 4.79 Å². The molecule has 0 N–H and O–H groups in total. The molecule has 3 rings (SSSR count). The highest BCUT2D eigenvalue weighted by Crippen LogP contribution is 2.28. The molecule has 1 aliphatic rings. The summed E-state index contributed by atoms with van der Waals surface area (Å²) in [7, 11) is 0. The van der Waals surface area contributed by atoms with Gasteiger partial charge in [0, 0.05) is 29.3 Å². The van der Waals surface area contributed by atoms with Crippen molar-refractivity contribution in [3.05, 3.63) is 34.6 Å². The number of rotatable bonds is 2. The van der Waals surface area contributed by atoms with Crippen LogP contribution < -0.4 is 0 Å². The zero-order valence-corrected chi connectivity index (χ0v) is 11.5. The summed E-state index contributed by atoms with van der Waals surface area (Å²) in [6.45, 7) is 4.29. The summed E-state index contributed by atoms with van der Waals surface area (Å²) in [5.41, 5.74) is 3.15. The number of fused-ring (bicyclic) bond motifs is 1. The van der Waals surface area contributed by atoms with E-state index in [2.05, 4.69) is 28.8 Å². The molecule has 2 aromatic heterocycles. The van der Waals surface area contributed by atoms with E-state index in [0.29, 0.717) is 12.3 Å². The van der Waals surface area contributed by atoms with Crippen molar-refractivity contribution in [1.82, 2.24) is 9.55 Å². The van der Waals surface area contributed by atoms with Gasteiger partial charge in [0.15, 0.2) is 10.9 Å². The zero-order chi connectivity index (χ0) is 12.7. The SMILES string of the molecule is CC(C)c1csc(-n2ccc3c2CCCC3=O)n1. The Morgan fingerprint density at radius 2 is 2.22 bits per heavy atom. The van der Waals surface area contributed by atoms with Gasteiger partial charge in [0.25, 0.3) is 0 Å². The molecule has 3 nitrogen and oxygen atoms in total. The number of aromatic nitrogens is 2. The molecule has 0 unspecified atom stereocenters. The Bertz CT molecular complexity index is 595. The van der Waals surface area contributed by atoms with Crippen LogP contribution in [0.2, 0.25) is 0 Å². The minimum atomic E-state index is 0.274. The molecule has 1 aliphatic carbocycles. The average Bonchev–Trinajstić information content (AvgIpc) is 2.94. The number of hydrogen-bond acceptors (Lipinski definition) is 3. The topological polar surface area (TPSA) is 34.9 Å². The van der Waals surface area contributed by atoms with E-state index in [-0.39, 0.29) is 5.78 Å². The Morgan fingerprint density at radius 3 is 2.94 bits per heavy atom. The number of carbonyl (C=O) groups is 1. The number of ketones is 1. The molecule has 2 heterocycles. The number of hydrogen-bond donors (Lipinski definition) is 0. The number of carbonyl (C=O) groups excluding carboxylic acids is 1. The highest BCUT2D eigenvalue weighted by molar-refractivity contribution is 7.12. The highest BCUT2D eigenvalue weighted by Gasteiger charge is 2.22. The van der Waals surface area contributed by atoms with Crippen molar-refractivity contribution in [2.24, 2.45) is 0 Å². The Kier molecular flexibility index (Phi) is 2.82. The summed E-state index contributed by atoms with van der Waals surface area (Å²) in [6.07, 6.45) is 4.60. The first-order chi connectivity index (χ1) is 8.66. The second kappa shape index (κ2) is 4.35. The Morgan fingerprint density at radius 1 is 1.39 bits per heavy atom. The lowest BCUT2D eigenvalue weighted by atomic mass is 9.97. The van der Waals surface area contributed by atoms with Gasteiger partial charge >= 0.3 is 0 Å². The van der Waals surface area contributed by atoms with E-state index in [4.69, 9.17) is 0 Å². The van der Waals surface area contributed by atoms with Crippen LogP contribution >= 0.6 is 11.3 Å². The molecule has 0 amide bonds. The molecule has 0 spiro atoms. The molecule has 2 aromatic rings. The molecule has 0 aliphatic heterocycles. The molecule has 0 fully saturated rings. The first kappa shape index (κ1) is 11.7. The molecule has 0 saturated heterocycles. The minimum Gasteiger partial charge on any atom is -0.296 e. The molecule has 0 atom stereocenters. The third-order valence-corrected chi connectivity index (χ3v) is 4.28. The maximum Gasteiger partial charge on any atom is 0.193 e. The number of Topliss-reactive ketones (excluding diaryl/α,β-unsaturated/α-hetero) is 1. The summed E-state index contributed by atoms with van der Waals surface area (Å²) < 4.78 is 2.09. The third kappa shape index (κ3) is 1.81. The molecule has 0 radical (unpaired) electrons. The summed E-state index contributed by atoms with van der Waals surface area (Å²) in [4.78, 5) is 16.5. The maximum atomic E-state index is 11.8. The largest absolute Gasteiger partial charge is 0.296 e. The first-order valence-electron chi connectivity index (χ1n) is 6.36. The minimum absolute atomic E-state index is 0.274. The molecule has 18 heavy (non-hydrogen) atoms. The van der Waals surface area contributed by atoms with E-state index in [1.807, 2.05) is 12.3 Å². The van der Waals surface area contributed by atoms with Crippen LogP contribution in [-0.4, -0.2) is 15.3 Å². The standard InChI is InChI=1S/C14H16N2OS/c1-9(2)11-8-18-14(15-11)16-7-6-10-12(16)4-3-5-13(10)17/h6-9H,3-5H2,1-2H3. The first-order valence-corrected chi connectivity index (χ1v) is 7.24. The lowest BCUT2D eigenvalue weighted by Crippen LogP contribution is -2.12. The third-order valence-electron chi connectivity index (χ3n) is 3.42. The van der Waals surface area contributed by atoms with E-state index < -0.39 is 0 Å². The van der Waals surface area contributed by atoms with E-state index >= 15 is 0 Å². The summed E-state index contributed by atoms with van der Waals surface area (Å²) in [5.74, 6) is 0.721. The molecular weight excluding hydrogens is 244 g/mol. The number of thiazole rings is 1. The Hall–Kier alpha value is -1.42. The van der Waals surface area contributed by atoms with Gasteiger partial charge in [-0.1, -0.05) is 13.8 Å². The summed E-state index contributed by atoms with van der Waals surface area (Å²) >= 11 is 1.65. The fraction of sp³-hybridized carbons (Fsp3) is 0.429. The summed E-state index contributed by atoms with van der Waals surface area (Å²) in [6, 6.07) is 1.94. The fourth-order valence-corrected chi connectivity index (χ4v) is 3.35. The van der Waals surface area contributed by atoms with Crippen LogP contribution in [0.1, 0.15) is 54.4 Å². The van der Waals surface area contributed by atoms with Gasteiger partial charge in [-0.15, -0.1) is 11.3 Å². The van der Waals surface area contributed by atoms with Gasteiger partial charge in [0.05, 0.1) is 5.69 Å². The maximum absolute atomic E-state index is 11.8. The monoisotopic (exact) mass is 260 g/mol. The van der Waals surface area contributed by atoms with Gasteiger partial charge in [-0.05, 0) is 24.8 Å². The Balaban J connectivity index is 2.04. The van der Waals surface area contributed by atoms with Crippen molar-refractivity contribution in [2.45, 2.75) is 39.0 Å². The second-order valence-corrected chi connectivity index (χ2v) is 5.87. The molecular formula is C14H16N2OS. The van der Waals surface area contributed by atoms with Gasteiger partial charge in [0.2, 0.25) is 0 Å². The van der Waals surface area contributed by atoms with E-state index in [1.54, 1.807) is 11.3 Å². The fourth-order valence-electron chi connectivity index (χ4n) is 2.36. The van der Waals surface area contributed by atoms with Gasteiger partial charge < -0.3 is 0 Å². The van der Waals surface area contributed by atoms with Crippen molar-refractivity contribution >= 4 is 17.1 Å². The lowest BCUT2D eigenvalue weighted by molar-refractivity contribution is 0.0972. The molecule has 0 bridgehead atoms. The van der Waals surface area contributed by atoms with Crippen molar-refractivity contribution in [3.8, 4) is 5.13 Å². The normalized spacial score (nSPS) is 15.2. The predicted molar refractivity (Wildman–Crippen MR) is 72.8 cm³/mol. The van der Waals surface area contributed by atoms with Crippen LogP contribution in [-0.2, 0) is 6.42 Å².